The number of piperidine rings is 1. The molecule has 1 aliphatic heterocycles. The Kier molecular flexibility index (Phi) is 5.54. The fourth-order valence-corrected chi connectivity index (χ4v) is 3.03. The standard InChI is InChI=1S/C15H20BrFN2O/c1-11(20)18-8-12-3-2-6-19(9-12)10-13-7-14(17)4-5-15(13)16/h4-5,7,12H,2-3,6,8-10H2,1H3,(H,18,20)/t12-/m1/s1. The number of rotatable bonds is 4. The minimum absolute atomic E-state index is 0.0231. The molecule has 0 aromatic heterocycles. The maximum Gasteiger partial charge on any atom is 0.216 e. The Hall–Kier alpha value is -0.940. The van der Waals surface area contributed by atoms with Crippen LogP contribution in [0.25, 0.3) is 0 Å². The number of hydrogen-bond acceptors (Lipinski definition) is 2. The van der Waals surface area contributed by atoms with Gasteiger partial charge in [-0.1, -0.05) is 15.9 Å². The second-order valence-electron chi connectivity index (χ2n) is 5.42. The SMILES string of the molecule is CC(=O)NC[C@H]1CCCN(Cc2cc(F)ccc2Br)C1. The first-order valence-electron chi connectivity index (χ1n) is 6.95. The first-order chi connectivity index (χ1) is 9.54. The van der Waals surface area contributed by atoms with E-state index in [0.29, 0.717) is 5.92 Å². The minimum Gasteiger partial charge on any atom is -0.356 e. The molecule has 0 aliphatic carbocycles. The van der Waals surface area contributed by atoms with Gasteiger partial charge in [0.1, 0.15) is 5.82 Å². The largest absolute Gasteiger partial charge is 0.356 e. The van der Waals surface area contributed by atoms with Crippen LogP contribution in [-0.4, -0.2) is 30.4 Å². The van der Waals surface area contributed by atoms with Gasteiger partial charge in [-0.3, -0.25) is 9.69 Å². The smallest absolute Gasteiger partial charge is 0.216 e. The summed E-state index contributed by atoms with van der Waals surface area (Å²) in [4.78, 5) is 13.3. The van der Waals surface area contributed by atoms with Crippen LogP contribution in [0.15, 0.2) is 22.7 Å². The highest BCUT2D eigenvalue weighted by Gasteiger charge is 2.20. The first kappa shape index (κ1) is 15.4. The Balaban J connectivity index is 1.92. The number of carbonyl (C=O) groups excluding carboxylic acids is 1. The number of hydrogen-bond donors (Lipinski definition) is 1. The van der Waals surface area contributed by atoms with E-state index in [2.05, 4.69) is 26.1 Å². The van der Waals surface area contributed by atoms with Gasteiger partial charge >= 0.3 is 0 Å². The summed E-state index contributed by atoms with van der Waals surface area (Å²) >= 11 is 3.47. The first-order valence-corrected chi connectivity index (χ1v) is 7.74. The molecule has 1 N–H and O–H groups in total. The topological polar surface area (TPSA) is 32.3 Å². The van der Waals surface area contributed by atoms with Crippen molar-refractivity contribution in [2.45, 2.75) is 26.3 Å². The third-order valence-corrected chi connectivity index (χ3v) is 4.42. The summed E-state index contributed by atoms with van der Waals surface area (Å²) in [5.74, 6) is 0.310. The highest BCUT2D eigenvalue weighted by atomic mass is 79.9. The van der Waals surface area contributed by atoms with E-state index in [-0.39, 0.29) is 11.7 Å². The van der Waals surface area contributed by atoms with E-state index in [1.54, 1.807) is 19.1 Å². The fourth-order valence-electron chi connectivity index (χ4n) is 2.65. The monoisotopic (exact) mass is 342 g/mol. The van der Waals surface area contributed by atoms with E-state index in [1.165, 1.54) is 6.07 Å². The third-order valence-electron chi connectivity index (χ3n) is 3.64. The van der Waals surface area contributed by atoms with Gasteiger partial charge < -0.3 is 5.32 Å². The lowest BCUT2D eigenvalue weighted by Gasteiger charge is -2.33. The van der Waals surface area contributed by atoms with Crippen molar-refractivity contribution in [3.8, 4) is 0 Å². The number of carbonyl (C=O) groups is 1. The van der Waals surface area contributed by atoms with Gasteiger partial charge in [0.05, 0.1) is 0 Å². The van der Waals surface area contributed by atoms with Crippen LogP contribution in [0.2, 0.25) is 0 Å². The van der Waals surface area contributed by atoms with Crippen molar-refractivity contribution in [2.24, 2.45) is 5.92 Å². The fraction of sp³-hybridized carbons (Fsp3) is 0.533. The van der Waals surface area contributed by atoms with Gasteiger partial charge in [0, 0.05) is 31.0 Å². The van der Waals surface area contributed by atoms with Crippen molar-refractivity contribution in [2.75, 3.05) is 19.6 Å². The number of nitrogens with zero attached hydrogens (tertiary/aromatic N) is 1. The van der Waals surface area contributed by atoms with Crippen LogP contribution in [0, 0.1) is 11.7 Å². The molecule has 0 radical (unpaired) electrons. The normalized spacial score (nSPS) is 19.9. The van der Waals surface area contributed by atoms with E-state index >= 15 is 0 Å². The molecule has 2 rings (SSSR count). The van der Waals surface area contributed by atoms with Crippen LogP contribution >= 0.6 is 15.9 Å². The van der Waals surface area contributed by atoms with E-state index in [1.807, 2.05) is 0 Å². The molecule has 1 atom stereocenters. The Morgan fingerprint density at radius 1 is 1.55 bits per heavy atom. The van der Waals surface area contributed by atoms with Gasteiger partial charge in [-0.25, -0.2) is 4.39 Å². The van der Waals surface area contributed by atoms with Gasteiger partial charge in [0.25, 0.3) is 0 Å². The predicted molar refractivity (Wildman–Crippen MR) is 80.8 cm³/mol. The van der Waals surface area contributed by atoms with Gasteiger partial charge in [0.2, 0.25) is 5.91 Å². The van der Waals surface area contributed by atoms with Crippen LogP contribution in [-0.2, 0) is 11.3 Å². The number of likely N-dealkylation sites (tertiary alicyclic amines) is 1. The Morgan fingerprint density at radius 2 is 2.35 bits per heavy atom. The lowest BCUT2D eigenvalue weighted by atomic mass is 9.97. The predicted octanol–water partition coefficient (Wildman–Crippen LogP) is 2.94. The molecule has 1 fully saturated rings. The summed E-state index contributed by atoms with van der Waals surface area (Å²) < 4.78 is 14.2. The number of benzene rings is 1. The van der Waals surface area contributed by atoms with E-state index in [0.717, 1.165) is 49.1 Å². The highest BCUT2D eigenvalue weighted by Crippen LogP contribution is 2.23. The lowest BCUT2D eigenvalue weighted by Crippen LogP contribution is -2.40. The van der Waals surface area contributed by atoms with Crippen molar-refractivity contribution >= 4 is 21.8 Å². The van der Waals surface area contributed by atoms with Gasteiger partial charge in [0.15, 0.2) is 0 Å². The molecule has 0 spiro atoms. The summed E-state index contributed by atoms with van der Waals surface area (Å²) in [5.41, 5.74) is 0.977. The second kappa shape index (κ2) is 7.18. The molecule has 3 nitrogen and oxygen atoms in total. The van der Waals surface area contributed by atoms with Crippen LogP contribution in [0.3, 0.4) is 0 Å². The average Bonchev–Trinajstić information content (AvgIpc) is 2.41. The summed E-state index contributed by atoms with van der Waals surface area (Å²) in [6.07, 6.45) is 2.26. The van der Waals surface area contributed by atoms with Crippen LogP contribution < -0.4 is 5.32 Å². The number of amides is 1. The zero-order chi connectivity index (χ0) is 14.5. The zero-order valence-corrected chi connectivity index (χ0v) is 13.2. The van der Waals surface area contributed by atoms with Gasteiger partial charge in [-0.15, -0.1) is 0 Å². The van der Waals surface area contributed by atoms with Crippen LogP contribution in [0.5, 0.6) is 0 Å². The molecule has 1 aromatic carbocycles. The number of nitrogens with one attached hydrogen (secondary N) is 1. The molecule has 1 heterocycles. The minimum atomic E-state index is -0.199. The quantitative estimate of drug-likeness (QED) is 0.912. The molecular weight excluding hydrogens is 323 g/mol. The molecule has 5 heteroatoms. The molecular formula is C15H20BrFN2O. The molecule has 1 amide bonds. The highest BCUT2D eigenvalue weighted by molar-refractivity contribution is 9.10. The van der Waals surface area contributed by atoms with E-state index < -0.39 is 0 Å². The molecule has 1 aliphatic rings. The second-order valence-corrected chi connectivity index (χ2v) is 6.27. The summed E-state index contributed by atoms with van der Waals surface area (Å²) in [6, 6.07) is 4.80. The maximum atomic E-state index is 13.3. The van der Waals surface area contributed by atoms with Gasteiger partial charge in [-0.2, -0.15) is 0 Å². The van der Waals surface area contributed by atoms with E-state index in [4.69, 9.17) is 0 Å². The van der Waals surface area contributed by atoms with Crippen molar-refractivity contribution in [1.29, 1.82) is 0 Å². The van der Waals surface area contributed by atoms with Crippen molar-refractivity contribution in [1.82, 2.24) is 10.2 Å². The van der Waals surface area contributed by atoms with Crippen molar-refractivity contribution in [3.63, 3.8) is 0 Å². The van der Waals surface area contributed by atoms with Crippen LogP contribution in [0.4, 0.5) is 4.39 Å². The molecule has 0 unspecified atom stereocenters. The van der Waals surface area contributed by atoms with Gasteiger partial charge in [-0.05, 0) is 49.1 Å². The lowest BCUT2D eigenvalue weighted by molar-refractivity contribution is -0.119. The van der Waals surface area contributed by atoms with Crippen molar-refractivity contribution in [3.05, 3.63) is 34.1 Å². The summed E-state index contributed by atoms with van der Waals surface area (Å²) in [7, 11) is 0. The van der Waals surface area contributed by atoms with Crippen molar-refractivity contribution < 1.29 is 9.18 Å². The Labute approximate surface area is 127 Å². The van der Waals surface area contributed by atoms with Crippen LogP contribution in [0.1, 0.15) is 25.3 Å². The average molecular weight is 343 g/mol. The Morgan fingerprint density at radius 3 is 3.10 bits per heavy atom. The maximum absolute atomic E-state index is 13.3. The van der Waals surface area contributed by atoms with E-state index in [9.17, 15) is 9.18 Å². The summed E-state index contributed by atoms with van der Waals surface area (Å²) in [6.45, 7) is 5.00. The molecule has 0 bridgehead atoms. The molecule has 1 saturated heterocycles. The Bertz CT molecular complexity index is 481. The molecule has 20 heavy (non-hydrogen) atoms. The molecule has 0 saturated carbocycles. The number of halogens is 2. The molecule has 1 aromatic rings. The summed E-state index contributed by atoms with van der Waals surface area (Å²) in [5, 5.41) is 2.89. The molecule has 110 valence electrons. The third kappa shape index (κ3) is 4.56. The zero-order valence-electron chi connectivity index (χ0n) is 11.7.